The molecule has 5 heteroatoms. The maximum absolute atomic E-state index is 13.5. The first-order chi connectivity index (χ1) is 9.54. The van der Waals surface area contributed by atoms with Gasteiger partial charge in [0.1, 0.15) is 5.82 Å². The summed E-state index contributed by atoms with van der Waals surface area (Å²) in [5.74, 6) is 0.151. The predicted molar refractivity (Wildman–Crippen MR) is 85.3 cm³/mol. The van der Waals surface area contributed by atoms with Crippen LogP contribution in [-0.4, -0.2) is 9.55 Å². The number of benzene rings is 1. The van der Waals surface area contributed by atoms with Crippen LogP contribution in [0.5, 0.6) is 0 Å². The number of rotatable bonds is 6. The minimum Gasteiger partial charge on any atom is -0.369 e. The van der Waals surface area contributed by atoms with E-state index in [2.05, 4.69) is 34.8 Å². The number of hydrogen-bond acceptors (Lipinski definition) is 2. The third-order valence-electron chi connectivity index (χ3n) is 3.68. The summed E-state index contributed by atoms with van der Waals surface area (Å²) in [6.07, 6.45) is 5.98. The molecule has 0 amide bonds. The van der Waals surface area contributed by atoms with Crippen LogP contribution in [0.4, 0.5) is 10.3 Å². The first-order valence-electron chi connectivity index (χ1n) is 7.17. The Balaban J connectivity index is 2.24. The summed E-state index contributed by atoms with van der Waals surface area (Å²) in [4.78, 5) is 4.26. The lowest BCUT2D eigenvalue weighted by atomic mass is 10.1. The highest BCUT2D eigenvalue weighted by molar-refractivity contribution is 9.10. The van der Waals surface area contributed by atoms with Crippen LogP contribution < -0.4 is 5.73 Å². The first-order valence-corrected chi connectivity index (χ1v) is 7.96. The third kappa shape index (κ3) is 3.14. The van der Waals surface area contributed by atoms with Crippen molar-refractivity contribution in [3.05, 3.63) is 22.4 Å². The van der Waals surface area contributed by atoms with Gasteiger partial charge in [0.15, 0.2) is 0 Å². The molecule has 2 rings (SSSR count). The van der Waals surface area contributed by atoms with Gasteiger partial charge in [0, 0.05) is 12.1 Å². The molecule has 2 aromatic rings. The van der Waals surface area contributed by atoms with E-state index < -0.39 is 0 Å². The number of nitrogens with two attached hydrogens (primary N) is 1. The molecule has 0 saturated carbocycles. The maximum atomic E-state index is 13.5. The fraction of sp³-hybridized carbons (Fsp3) is 0.533. The zero-order chi connectivity index (χ0) is 14.7. The van der Waals surface area contributed by atoms with Crippen LogP contribution in [0.3, 0.4) is 0 Å². The lowest BCUT2D eigenvalue weighted by Gasteiger charge is -2.16. The van der Waals surface area contributed by atoms with Crippen molar-refractivity contribution in [2.45, 2.75) is 52.0 Å². The van der Waals surface area contributed by atoms with E-state index in [0.717, 1.165) is 11.9 Å². The second-order valence-corrected chi connectivity index (χ2v) is 6.15. The topological polar surface area (TPSA) is 43.8 Å². The fourth-order valence-corrected chi connectivity index (χ4v) is 2.90. The molecular weight excluding hydrogens is 321 g/mol. The van der Waals surface area contributed by atoms with Crippen molar-refractivity contribution < 1.29 is 4.39 Å². The molecule has 0 radical (unpaired) electrons. The Morgan fingerprint density at radius 2 is 2.10 bits per heavy atom. The Labute approximate surface area is 127 Å². The number of nitrogens with zero attached hydrogens (tertiary/aromatic N) is 2. The minimum atomic E-state index is -0.308. The van der Waals surface area contributed by atoms with Crippen LogP contribution in [0.2, 0.25) is 0 Å². The first kappa shape index (κ1) is 15.3. The number of unbranched alkanes of at least 4 members (excludes halogenated alkanes) is 3. The van der Waals surface area contributed by atoms with Crippen molar-refractivity contribution in [3.63, 3.8) is 0 Å². The predicted octanol–water partition coefficient (Wildman–Crippen LogP) is 5.05. The summed E-state index contributed by atoms with van der Waals surface area (Å²) in [5.41, 5.74) is 7.50. The summed E-state index contributed by atoms with van der Waals surface area (Å²) in [5, 5.41) is 0. The molecule has 3 nitrogen and oxygen atoms in total. The molecule has 2 N–H and O–H groups in total. The molecule has 0 fully saturated rings. The summed E-state index contributed by atoms with van der Waals surface area (Å²) in [6.45, 7) is 4.34. The van der Waals surface area contributed by atoms with E-state index in [0.29, 0.717) is 15.9 Å². The van der Waals surface area contributed by atoms with Crippen molar-refractivity contribution >= 4 is 32.9 Å². The Kier molecular flexibility index (Phi) is 5.02. The molecule has 0 aliphatic heterocycles. The summed E-state index contributed by atoms with van der Waals surface area (Å²) in [6, 6.07) is 3.46. The zero-order valence-electron chi connectivity index (χ0n) is 12.0. The van der Waals surface area contributed by atoms with Gasteiger partial charge in [0.05, 0.1) is 15.5 Å². The quantitative estimate of drug-likeness (QED) is 0.747. The Morgan fingerprint density at radius 3 is 2.80 bits per heavy atom. The van der Waals surface area contributed by atoms with Crippen LogP contribution in [0.15, 0.2) is 16.6 Å². The number of nitrogen functional groups attached to an aromatic ring is 1. The molecule has 1 unspecified atom stereocenters. The van der Waals surface area contributed by atoms with Gasteiger partial charge in [-0.25, -0.2) is 9.37 Å². The van der Waals surface area contributed by atoms with Crippen LogP contribution in [0.25, 0.3) is 11.0 Å². The minimum absolute atomic E-state index is 0.272. The Morgan fingerprint density at radius 1 is 1.35 bits per heavy atom. The second kappa shape index (κ2) is 6.57. The van der Waals surface area contributed by atoms with Crippen molar-refractivity contribution in [2.24, 2.45) is 0 Å². The number of aromatic nitrogens is 2. The van der Waals surface area contributed by atoms with Gasteiger partial charge in [0.25, 0.3) is 0 Å². The number of fused-ring (bicyclic) bond motifs is 1. The number of imidazole rings is 1. The van der Waals surface area contributed by atoms with Crippen LogP contribution in [0.1, 0.15) is 52.0 Å². The SMILES string of the molecule is CCCCCCC(C)n1c(N)nc2cc(F)c(Br)cc21. The van der Waals surface area contributed by atoms with Gasteiger partial charge in [0.2, 0.25) is 5.95 Å². The van der Waals surface area contributed by atoms with Crippen molar-refractivity contribution in [3.8, 4) is 0 Å². The van der Waals surface area contributed by atoms with Gasteiger partial charge >= 0.3 is 0 Å². The monoisotopic (exact) mass is 341 g/mol. The van der Waals surface area contributed by atoms with E-state index in [1.54, 1.807) is 6.07 Å². The smallest absolute Gasteiger partial charge is 0.201 e. The van der Waals surface area contributed by atoms with E-state index in [1.165, 1.54) is 31.7 Å². The van der Waals surface area contributed by atoms with Crippen molar-refractivity contribution in [2.75, 3.05) is 5.73 Å². The second-order valence-electron chi connectivity index (χ2n) is 5.29. The lowest BCUT2D eigenvalue weighted by Crippen LogP contribution is -2.09. The molecule has 110 valence electrons. The molecule has 0 bridgehead atoms. The van der Waals surface area contributed by atoms with E-state index >= 15 is 0 Å². The van der Waals surface area contributed by atoms with Gasteiger partial charge in [-0.05, 0) is 35.3 Å². The molecule has 0 aliphatic rings. The largest absolute Gasteiger partial charge is 0.369 e. The molecule has 20 heavy (non-hydrogen) atoms. The van der Waals surface area contributed by atoms with Crippen molar-refractivity contribution in [1.82, 2.24) is 9.55 Å². The zero-order valence-corrected chi connectivity index (χ0v) is 13.6. The van der Waals surface area contributed by atoms with Gasteiger partial charge in [-0.15, -0.1) is 0 Å². The average Bonchev–Trinajstić information content (AvgIpc) is 2.70. The molecule has 0 spiro atoms. The van der Waals surface area contributed by atoms with Crippen LogP contribution in [-0.2, 0) is 0 Å². The van der Waals surface area contributed by atoms with Crippen LogP contribution in [0, 0.1) is 5.82 Å². The van der Waals surface area contributed by atoms with Crippen molar-refractivity contribution in [1.29, 1.82) is 0 Å². The normalized spacial score (nSPS) is 13.0. The molecule has 1 aromatic heterocycles. The number of hydrogen-bond donors (Lipinski definition) is 1. The third-order valence-corrected chi connectivity index (χ3v) is 4.28. The van der Waals surface area contributed by atoms with E-state index in [4.69, 9.17) is 5.73 Å². The Hall–Kier alpha value is -1.10. The van der Waals surface area contributed by atoms with Gasteiger partial charge in [-0.3, -0.25) is 0 Å². The summed E-state index contributed by atoms with van der Waals surface area (Å²) >= 11 is 3.23. The Bertz CT molecular complexity index is 594. The standard InChI is InChI=1S/C15H21BrFN3/c1-3-4-5-6-7-10(2)20-14-8-11(16)12(17)9-13(14)19-15(20)18/h8-10H,3-7H2,1-2H3,(H2,18,19). The van der Waals surface area contributed by atoms with E-state index in [-0.39, 0.29) is 11.9 Å². The summed E-state index contributed by atoms with van der Waals surface area (Å²) < 4.78 is 16.0. The highest BCUT2D eigenvalue weighted by atomic mass is 79.9. The van der Waals surface area contributed by atoms with Crippen LogP contribution >= 0.6 is 15.9 Å². The highest BCUT2D eigenvalue weighted by Gasteiger charge is 2.15. The lowest BCUT2D eigenvalue weighted by molar-refractivity contribution is 0.486. The maximum Gasteiger partial charge on any atom is 0.201 e. The molecule has 0 saturated heterocycles. The molecule has 1 atom stereocenters. The van der Waals surface area contributed by atoms with Gasteiger partial charge < -0.3 is 10.3 Å². The molecular formula is C15H21BrFN3. The van der Waals surface area contributed by atoms with Gasteiger partial charge in [-0.1, -0.05) is 32.6 Å². The van der Waals surface area contributed by atoms with E-state index in [9.17, 15) is 4.39 Å². The molecule has 1 heterocycles. The average molecular weight is 342 g/mol. The van der Waals surface area contributed by atoms with E-state index in [1.807, 2.05) is 4.57 Å². The molecule has 1 aromatic carbocycles. The number of halogens is 2. The summed E-state index contributed by atoms with van der Waals surface area (Å²) in [7, 11) is 0. The molecule has 0 aliphatic carbocycles. The number of anilines is 1. The highest BCUT2D eigenvalue weighted by Crippen LogP contribution is 2.29. The van der Waals surface area contributed by atoms with Gasteiger partial charge in [-0.2, -0.15) is 0 Å². The fourth-order valence-electron chi connectivity index (χ4n) is 2.57.